The molecule has 3 aromatic rings. The summed E-state index contributed by atoms with van der Waals surface area (Å²) in [6.07, 6.45) is 5.13. The molecule has 1 aliphatic heterocycles. The van der Waals surface area contributed by atoms with E-state index < -0.39 is 0 Å². The SMILES string of the molecule is Cc1ccc(N2CCNC2=O)cc1NC(=O)c1ccc2cncn2c1. The van der Waals surface area contributed by atoms with Crippen molar-refractivity contribution in [3.63, 3.8) is 0 Å². The van der Waals surface area contributed by atoms with E-state index in [0.717, 1.165) is 16.8 Å². The maximum Gasteiger partial charge on any atom is 0.321 e. The Hall–Kier alpha value is -3.35. The molecule has 3 amide bonds. The number of carbonyl (C=O) groups excluding carboxylic acids is 2. The predicted molar refractivity (Wildman–Crippen MR) is 95.1 cm³/mol. The molecule has 0 radical (unpaired) electrons. The molecule has 1 fully saturated rings. The summed E-state index contributed by atoms with van der Waals surface area (Å²) in [6, 6.07) is 9.10. The first-order valence-electron chi connectivity index (χ1n) is 8.01. The van der Waals surface area contributed by atoms with Gasteiger partial charge in [-0.25, -0.2) is 9.78 Å². The fourth-order valence-electron chi connectivity index (χ4n) is 2.88. The van der Waals surface area contributed by atoms with Gasteiger partial charge in [0.05, 0.1) is 23.6 Å². The Kier molecular flexibility index (Phi) is 3.61. The van der Waals surface area contributed by atoms with Crippen LogP contribution in [-0.4, -0.2) is 34.4 Å². The summed E-state index contributed by atoms with van der Waals surface area (Å²) in [5.74, 6) is -0.207. The molecule has 0 aliphatic carbocycles. The van der Waals surface area contributed by atoms with E-state index in [1.54, 1.807) is 34.1 Å². The van der Waals surface area contributed by atoms with Gasteiger partial charge in [-0.05, 0) is 36.8 Å². The zero-order valence-electron chi connectivity index (χ0n) is 13.7. The lowest BCUT2D eigenvalue weighted by molar-refractivity contribution is 0.102. The Morgan fingerprint density at radius 1 is 1.28 bits per heavy atom. The number of aromatic nitrogens is 2. The van der Waals surface area contributed by atoms with E-state index in [9.17, 15) is 9.59 Å². The van der Waals surface area contributed by atoms with Crippen LogP contribution in [0.1, 0.15) is 15.9 Å². The van der Waals surface area contributed by atoms with Crippen molar-refractivity contribution in [2.75, 3.05) is 23.3 Å². The van der Waals surface area contributed by atoms with E-state index >= 15 is 0 Å². The van der Waals surface area contributed by atoms with Gasteiger partial charge >= 0.3 is 6.03 Å². The number of urea groups is 1. The van der Waals surface area contributed by atoms with Gasteiger partial charge in [-0.15, -0.1) is 0 Å². The zero-order chi connectivity index (χ0) is 17.4. The van der Waals surface area contributed by atoms with Crippen molar-refractivity contribution in [2.45, 2.75) is 6.92 Å². The molecule has 1 aromatic carbocycles. The van der Waals surface area contributed by atoms with Gasteiger partial charge in [-0.1, -0.05) is 6.07 Å². The van der Waals surface area contributed by atoms with Crippen LogP contribution < -0.4 is 15.5 Å². The summed E-state index contributed by atoms with van der Waals surface area (Å²) >= 11 is 0. The Labute approximate surface area is 144 Å². The summed E-state index contributed by atoms with van der Waals surface area (Å²) in [6.45, 7) is 3.16. The van der Waals surface area contributed by atoms with Gasteiger partial charge in [0.2, 0.25) is 0 Å². The zero-order valence-corrected chi connectivity index (χ0v) is 13.7. The first-order chi connectivity index (χ1) is 12.1. The van der Waals surface area contributed by atoms with Crippen LogP contribution in [0, 0.1) is 6.92 Å². The summed E-state index contributed by atoms with van der Waals surface area (Å²) in [5.41, 5.74) is 3.85. The van der Waals surface area contributed by atoms with E-state index in [1.807, 2.05) is 31.2 Å². The van der Waals surface area contributed by atoms with Gasteiger partial charge in [0.15, 0.2) is 0 Å². The minimum Gasteiger partial charge on any atom is -0.336 e. The third kappa shape index (κ3) is 2.80. The van der Waals surface area contributed by atoms with E-state index in [-0.39, 0.29) is 11.9 Å². The number of aryl methyl sites for hydroxylation is 1. The average molecular weight is 335 g/mol. The molecule has 2 aromatic heterocycles. The second-order valence-electron chi connectivity index (χ2n) is 5.98. The van der Waals surface area contributed by atoms with Crippen molar-refractivity contribution in [1.82, 2.24) is 14.7 Å². The lowest BCUT2D eigenvalue weighted by Crippen LogP contribution is -2.27. The van der Waals surface area contributed by atoms with Crippen molar-refractivity contribution >= 4 is 28.8 Å². The topological polar surface area (TPSA) is 78.7 Å². The van der Waals surface area contributed by atoms with Crippen LogP contribution in [0.15, 0.2) is 49.1 Å². The van der Waals surface area contributed by atoms with Crippen LogP contribution >= 0.6 is 0 Å². The molecule has 4 rings (SSSR count). The number of hydrogen-bond acceptors (Lipinski definition) is 3. The Morgan fingerprint density at radius 2 is 2.16 bits per heavy atom. The van der Waals surface area contributed by atoms with Gasteiger partial charge in [0.25, 0.3) is 5.91 Å². The predicted octanol–water partition coefficient (Wildman–Crippen LogP) is 2.42. The van der Waals surface area contributed by atoms with Crippen molar-refractivity contribution < 1.29 is 9.59 Å². The first kappa shape index (κ1) is 15.2. The number of carbonyl (C=O) groups is 2. The number of pyridine rings is 1. The molecule has 0 saturated carbocycles. The van der Waals surface area contributed by atoms with E-state index in [1.165, 1.54) is 0 Å². The van der Waals surface area contributed by atoms with Crippen molar-refractivity contribution in [3.8, 4) is 0 Å². The third-order valence-corrected chi connectivity index (χ3v) is 4.31. The molecule has 0 bridgehead atoms. The lowest BCUT2D eigenvalue weighted by Gasteiger charge is -2.17. The van der Waals surface area contributed by atoms with Gasteiger partial charge in [-0.3, -0.25) is 9.69 Å². The lowest BCUT2D eigenvalue weighted by atomic mass is 10.1. The van der Waals surface area contributed by atoms with Crippen LogP contribution in [0.2, 0.25) is 0 Å². The summed E-state index contributed by atoms with van der Waals surface area (Å²) < 4.78 is 1.80. The fraction of sp³-hybridized carbons (Fsp3) is 0.167. The average Bonchev–Trinajstić information content (AvgIpc) is 3.24. The van der Waals surface area contributed by atoms with E-state index in [0.29, 0.717) is 24.3 Å². The highest BCUT2D eigenvalue weighted by Gasteiger charge is 2.21. The second kappa shape index (κ2) is 5.94. The van der Waals surface area contributed by atoms with Crippen LogP contribution in [0.25, 0.3) is 5.52 Å². The highest BCUT2D eigenvalue weighted by molar-refractivity contribution is 6.05. The fourth-order valence-corrected chi connectivity index (χ4v) is 2.88. The van der Waals surface area contributed by atoms with Gasteiger partial charge < -0.3 is 15.0 Å². The molecular formula is C18H17N5O2. The van der Waals surface area contributed by atoms with Crippen molar-refractivity contribution in [3.05, 3.63) is 60.2 Å². The van der Waals surface area contributed by atoms with Gasteiger partial charge in [-0.2, -0.15) is 0 Å². The maximum absolute atomic E-state index is 12.6. The Balaban J connectivity index is 1.60. The number of anilines is 2. The summed E-state index contributed by atoms with van der Waals surface area (Å²) in [4.78, 5) is 30.1. The number of amides is 3. The van der Waals surface area contributed by atoms with Gasteiger partial charge in [0, 0.05) is 30.7 Å². The van der Waals surface area contributed by atoms with Crippen molar-refractivity contribution in [2.24, 2.45) is 0 Å². The number of hydrogen-bond donors (Lipinski definition) is 2. The van der Waals surface area contributed by atoms with Crippen LogP contribution in [-0.2, 0) is 0 Å². The molecule has 7 nitrogen and oxygen atoms in total. The number of nitrogens with zero attached hydrogens (tertiary/aromatic N) is 3. The minimum absolute atomic E-state index is 0.119. The Morgan fingerprint density at radius 3 is 2.96 bits per heavy atom. The number of rotatable bonds is 3. The number of fused-ring (bicyclic) bond motifs is 1. The highest BCUT2D eigenvalue weighted by Crippen LogP contribution is 2.25. The molecule has 126 valence electrons. The summed E-state index contributed by atoms with van der Waals surface area (Å²) in [7, 11) is 0. The van der Waals surface area contributed by atoms with Crippen LogP contribution in [0.3, 0.4) is 0 Å². The standard InChI is InChI=1S/C18H17N5O2/c1-12-2-4-14(23-7-6-20-18(23)25)8-16(12)21-17(24)13-3-5-15-9-19-11-22(15)10-13/h2-5,8-11H,6-7H2,1H3,(H,20,25)(H,21,24). The third-order valence-electron chi connectivity index (χ3n) is 4.31. The van der Waals surface area contributed by atoms with Crippen LogP contribution in [0.4, 0.5) is 16.2 Å². The molecule has 0 unspecified atom stereocenters. The molecule has 2 N–H and O–H groups in total. The van der Waals surface area contributed by atoms with E-state index in [2.05, 4.69) is 15.6 Å². The largest absolute Gasteiger partial charge is 0.336 e. The normalized spacial score (nSPS) is 14.0. The molecule has 7 heteroatoms. The number of imidazole rings is 1. The van der Waals surface area contributed by atoms with Crippen LogP contribution in [0.5, 0.6) is 0 Å². The van der Waals surface area contributed by atoms with Gasteiger partial charge in [0.1, 0.15) is 0 Å². The summed E-state index contributed by atoms with van der Waals surface area (Å²) in [5, 5.41) is 5.71. The molecular weight excluding hydrogens is 318 g/mol. The van der Waals surface area contributed by atoms with Crippen molar-refractivity contribution in [1.29, 1.82) is 0 Å². The highest BCUT2D eigenvalue weighted by atomic mass is 16.2. The Bertz CT molecular complexity index is 979. The maximum atomic E-state index is 12.6. The first-order valence-corrected chi connectivity index (χ1v) is 8.01. The second-order valence-corrected chi connectivity index (χ2v) is 5.98. The molecule has 3 heterocycles. The number of benzene rings is 1. The number of nitrogens with one attached hydrogen (secondary N) is 2. The molecule has 1 aliphatic rings. The smallest absolute Gasteiger partial charge is 0.321 e. The molecule has 0 atom stereocenters. The van der Waals surface area contributed by atoms with E-state index in [4.69, 9.17) is 0 Å². The molecule has 25 heavy (non-hydrogen) atoms. The minimum atomic E-state index is -0.207. The monoisotopic (exact) mass is 335 g/mol. The molecule has 1 saturated heterocycles. The molecule has 0 spiro atoms. The quantitative estimate of drug-likeness (QED) is 0.771.